The minimum Gasteiger partial charge on any atom is -0.477 e. The topological polar surface area (TPSA) is 71.5 Å². The number of rotatable bonds is 7. The van der Waals surface area contributed by atoms with E-state index in [4.69, 9.17) is 4.74 Å². The predicted octanol–water partition coefficient (Wildman–Crippen LogP) is 3.03. The van der Waals surface area contributed by atoms with Gasteiger partial charge >= 0.3 is 0 Å². The number of aromatic nitrogens is 1. The Kier molecular flexibility index (Phi) is 5.15. The number of hydrogen-bond donors (Lipinski definition) is 1. The highest BCUT2D eigenvalue weighted by molar-refractivity contribution is 6.00. The summed E-state index contributed by atoms with van der Waals surface area (Å²) in [5.41, 5.74) is 4.56. The van der Waals surface area contributed by atoms with Crippen molar-refractivity contribution in [2.45, 2.75) is 45.1 Å². The second-order valence-electron chi connectivity index (χ2n) is 8.69. The van der Waals surface area contributed by atoms with E-state index in [1.54, 1.807) is 11.1 Å². The molecule has 2 heterocycles. The average Bonchev–Trinajstić information content (AvgIpc) is 3.33. The zero-order valence-electron chi connectivity index (χ0n) is 17.1. The molecule has 5 rings (SSSR count). The van der Waals surface area contributed by atoms with E-state index in [0.717, 1.165) is 30.7 Å². The first-order valence-electron chi connectivity index (χ1n) is 10.9. The van der Waals surface area contributed by atoms with E-state index in [0.29, 0.717) is 24.9 Å². The molecule has 1 saturated carbocycles. The normalized spacial score (nSPS) is 20.3. The molecule has 1 aromatic heterocycles. The van der Waals surface area contributed by atoms with Gasteiger partial charge in [-0.25, -0.2) is 4.98 Å². The Hall–Kier alpha value is -2.89. The SMILES string of the molecule is O=C(NCc1ccc(OCC2CC2)nc1)C1CC(=O)N(c2ccc3c(c2)CCC3)C1. The molecular formula is C24H27N3O3. The summed E-state index contributed by atoms with van der Waals surface area (Å²) < 4.78 is 5.64. The van der Waals surface area contributed by atoms with Crippen LogP contribution in [0, 0.1) is 11.8 Å². The van der Waals surface area contributed by atoms with E-state index >= 15 is 0 Å². The Morgan fingerprint density at radius 2 is 2.03 bits per heavy atom. The van der Waals surface area contributed by atoms with Crippen molar-refractivity contribution in [3.63, 3.8) is 0 Å². The molecule has 0 spiro atoms. The molecule has 1 N–H and O–H groups in total. The van der Waals surface area contributed by atoms with Crippen LogP contribution in [0.15, 0.2) is 36.5 Å². The molecule has 3 aliphatic rings. The first-order chi connectivity index (χ1) is 14.7. The number of hydrogen-bond acceptors (Lipinski definition) is 4. The zero-order chi connectivity index (χ0) is 20.5. The third kappa shape index (κ3) is 4.18. The summed E-state index contributed by atoms with van der Waals surface area (Å²) in [6.45, 7) is 1.58. The molecule has 2 aromatic rings. The number of nitrogens with zero attached hydrogens (tertiary/aromatic N) is 2. The molecule has 1 atom stereocenters. The summed E-state index contributed by atoms with van der Waals surface area (Å²) in [6.07, 6.45) is 7.87. The second kappa shape index (κ2) is 8.09. The van der Waals surface area contributed by atoms with Gasteiger partial charge in [0.05, 0.1) is 12.5 Å². The summed E-state index contributed by atoms with van der Waals surface area (Å²) >= 11 is 0. The van der Waals surface area contributed by atoms with Gasteiger partial charge in [0.2, 0.25) is 17.7 Å². The maximum absolute atomic E-state index is 12.6. The van der Waals surface area contributed by atoms with E-state index < -0.39 is 0 Å². The molecule has 6 heteroatoms. The molecule has 156 valence electrons. The molecule has 2 amide bonds. The van der Waals surface area contributed by atoms with Crippen molar-refractivity contribution >= 4 is 17.5 Å². The van der Waals surface area contributed by atoms with E-state index in [1.807, 2.05) is 18.2 Å². The number of benzene rings is 1. The standard InChI is InChI=1S/C24H27N3O3/c28-23-11-20(14-27(23)21-8-7-18-2-1-3-19(18)10-21)24(29)26-13-17-6-9-22(25-12-17)30-15-16-4-5-16/h6-10,12,16,20H,1-5,11,13-15H2,(H,26,29). The van der Waals surface area contributed by atoms with Crippen LogP contribution < -0.4 is 15.0 Å². The Bertz CT molecular complexity index is 953. The number of anilines is 1. The lowest BCUT2D eigenvalue weighted by atomic mass is 10.1. The van der Waals surface area contributed by atoms with Crippen molar-refractivity contribution in [3.05, 3.63) is 53.2 Å². The van der Waals surface area contributed by atoms with Gasteiger partial charge in [-0.2, -0.15) is 0 Å². The average molecular weight is 405 g/mol. The fourth-order valence-corrected chi connectivity index (χ4v) is 4.28. The largest absolute Gasteiger partial charge is 0.477 e. The van der Waals surface area contributed by atoms with E-state index in [9.17, 15) is 9.59 Å². The number of fused-ring (bicyclic) bond motifs is 1. The van der Waals surface area contributed by atoms with Gasteiger partial charge in [0.15, 0.2) is 0 Å². The van der Waals surface area contributed by atoms with Crippen molar-refractivity contribution in [3.8, 4) is 5.88 Å². The van der Waals surface area contributed by atoms with Crippen molar-refractivity contribution in [1.29, 1.82) is 0 Å². The monoisotopic (exact) mass is 405 g/mol. The summed E-state index contributed by atoms with van der Waals surface area (Å²) in [7, 11) is 0. The number of aryl methyl sites for hydroxylation is 2. The summed E-state index contributed by atoms with van der Waals surface area (Å²) in [6, 6.07) is 10.0. The quantitative estimate of drug-likeness (QED) is 0.769. The van der Waals surface area contributed by atoms with E-state index in [1.165, 1.54) is 30.4 Å². The Morgan fingerprint density at radius 3 is 2.83 bits per heavy atom. The lowest BCUT2D eigenvalue weighted by molar-refractivity contribution is -0.126. The Morgan fingerprint density at radius 1 is 1.17 bits per heavy atom. The summed E-state index contributed by atoms with van der Waals surface area (Å²) in [5, 5.41) is 2.96. The van der Waals surface area contributed by atoms with Crippen LogP contribution in [-0.4, -0.2) is 29.9 Å². The van der Waals surface area contributed by atoms with Gasteiger partial charge in [-0.15, -0.1) is 0 Å². The number of carbonyl (C=O) groups is 2. The highest BCUT2D eigenvalue weighted by Crippen LogP contribution is 2.31. The Labute approximate surface area is 176 Å². The van der Waals surface area contributed by atoms with Crippen LogP contribution in [0.25, 0.3) is 0 Å². The molecule has 1 aliphatic heterocycles. The molecule has 1 saturated heterocycles. The first-order valence-corrected chi connectivity index (χ1v) is 10.9. The van der Waals surface area contributed by atoms with Crippen LogP contribution in [0.4, 0.5) is 5.69 Å². The van der Waals surface area contributed by atoms with Crippen LogP contribution >= 0.6 is 0 Å². The molecule has 1 aromatic carbocycles. The maximum Gasteiger partial charge on any atom is 0.227 e. The van der Waals surface area contributed by atoms with Gasteiger partial charge in [0.25, 0.3) is 0 Å². The minimum atomic E-state index is -0.320. The van der Waals surface area contributed by atoms with Gasteiger partial charge in [0, 0.05) is 37.5 Å². The van der Waals surface area contributed by atoms with Gasteiger partial charge in [-0.3, -0.25) is 9.59 Å². The highest BCUT2D eigenvalue weighted by atomic mass is 16.5. The smallest absolute Gasteiger partial charge is 0.227 e. The number of nitrogens with one attached hydrogen (secondary N) is 1. The lowest BCUT2D eigenvalue weighted by Crippen LogP contribution is -2.32. The number of pyridine rings is 1. The zero-order valence-corrected chi connectivity index (χ0v) is 17.1. The molecule has 0 bridgehead atoms. The van der Waals surface area contributed by atoms with E-state index in [2.05, 4.69) is 22.4 Å². The molecule has 30 heavy (non-hydrogen) atoms. The van der Waals surface area contributed by atoms with Crippen molar-refractivity contribution in [1.82, 2.24) is 10.3 Å². The fourth-order valence-electron chi connectivity index (χ4n) is 4.28. The van der Waals surface area contributed by atoms with Crippen LogP contribution in [0.2, 0.25) is 0 Å². The Balaban J connectivity index is 1.14. The van der Waals surface area contributed by atoms with Crippen LogP contribution in [0.3, 0.4) is 0 Å². The maximum atomic E-state index is 12.6. The third-order valence-electron chi connectivity index (χ3n) is 6.32. The molecule has 6 nitrogen and oxygen atoms in total. The first kappa shape index (κ1) is 19.1. The predicted molar refractivity (Wildman–Crippen MR) is 113 cm³/mol. The van der Waals surface area contributed by atoms with Gasteiger partial charge in [0.1, 0.15) is 0 Å². The molecule has 0 radical (unpaired) electrons. The summed E-state index contributed by atoms with van der Waals surface area (Å²) in [5.74, 6) is 0.937. The van der Waals surface area contributed by atoms with Crippen molar-refractivity contribution in [2.24, 2.45) is 11.8 Å². The third-order valence-corrected chi connectivity index (χ3v) is 6.32. The van der Waals surface area contributed by atoms with Crippen LogP contribution in [0.5, 0.6) is 5.88 Å². The minimum absolute atomic E-state index is 0.0203. The van der Waals surface area contributed by atoms with E-state index in [-0.39, 0.29) is 24.2 Å². The van der Waals surface area contributed by atoms with Crippen molar-refractivity contribution in [2.75, 3.05) is 18.1 Å². The van der Waals surface area contributed by atoms with Crippen molar-refractivity contribution < 1.29 is 14.3 Å². The summed E-state index contributed by atoms with van der Waals surface area (Å²) in [4.78, 5) is 31.3. The van der Waals surface area contributed by atoms with Gasteiger partial charge in [-0.1, -0.05) is 12.1 Å². The van der Waals surface area contributed by atoms with Gasteiger partial charge < -0.3 is 15.0 Å². The number of amides is 2. The lowest BCUT2D eigenvalue weighted by Gasteiger charge is -2.18. The number of carbonyl (C=O) groups excluding carboxylic acids is 2. The highest BCUT2D eigenvalue weighted by Gasteiger charge is 2.35. The van der Waals surface area contributed by atoms with Gasteiger partial charge in [-0.05, 0) is 66.8 Å². The fraction of sp³-hybridized carbons (Fsp3) is 0.458. The molecular weight excluding hydrogens is 378 g/mol. The van der Waals surface area contributed by atoms with Crippen LogP contribution in [0.1, 0.15) is 42.4 Å². The molecule has 2 aliphatic carbocycles. The second-order valence-corrected chi connectivity index (χ2v) is 8.69. The molecule has 2 fully saturated rings. The van der Waals surface area contributed by atoms with Crippen LogP contribution in [-0.2, 0) is 29.0 Å². The molecule has 1 unspecified atom stereocenters. The number of ether oxygens (including phenoxy) is 1.